The number of carboxylic acids is 4. The van der Waals surface area contributed by atoms with Crippen molar-refractivity contribution in [3.63, 3.8) is 0 Å². The van der Waals surface area contributed by atoms with Gasteiger partial charge in [-0.15, -0.1) is 0 Å². The third-order valence-corrected chi connectivity index (χ3v) is 8.21. The molecule has 326 valence electrons. The average molecular weight is 850 g/mol. The zero-order valence-electron chi connectivity index (χ0n) is 31.8. The van der Waals surface area contributed by atoms with Crippen LogP contribution in [0.3, 0.4) is 0 Å². The maximum absolute atomic E-state index is 13.4. The van der Waals surface area contributed by atoms with Gasteiger partial charge in [-0.25, -0.2) is 4.79 Å². The van der Waals surface area contributed by atoms with Crippen molar-refractivity contribution >= 4 is 76.2 Å². The molecular weight excluding hydrogens is 806 g/mol. The van der Waals surface area contributed by atoms with Gasteiger partial charge in [-0.1, -0.05) is 0 Å². The molecule has 2 rings (SSSR count). The lowest BCUT2D eigenvalue weighted by Crippen LogP contribution is -2.58. The molecule has 60 heavy (non-hydrogen) atoms. The number of carbonyl (C=O) groups is 11. The molecule has 0 unspecified atom stereocenters. The van der Waals surface area contributed by atoms with Gasteiger partial charge >= 0.3 is 29.5 Å². The molecule has 7 amide bonds. The maximum Gasteiger partial charge on any atom is 0.349 e. The van der Waals surface area contributed by atoms with Crippen LogP contribution in [0.25, 0.3) is 11.0 Å². The van der Waals surface area contributed by atoms with Crippen LogP contribution in [-0.2, 0) is 47.9 Å². The molecule has 0 aliphatic carbocycles. The van der Waals surface area contributed by atoms with Crippen molar-refractivity contribution in [2.75, 3.05) is 20.2 Å². The van der Waals surface area contributed by atoms with Crippen molar-refractivity contribution in [2.24, 2.45) is 5.73 Å². The molecule has 1 aromatic carbocycles. The highest BCUT2D eigenvalue weighted by Crippen LogP contribution is 2.20. The number of nitrogens with two attached hydrogens (primary N) is 1. The summed E-state index contributed by atoms with van der Waals surface area (Å²) in [5.41, 5.74) is 3.89. The van der Waals surface area contributed by atoms with Gasteiger partial charge in [0.1, 0.15) is 41.1 Å². The van der Waals surface area contributed by atoms with Gasteiger partial charge < -0.3 is 67.2 Å². The number of carbonyl (C=O) groups excluding carboxylic acids is 7. The van der Waals surface area contributed by atoms with Gasteiger partial charge in [0.2, 0.25) is 35.4 Å². The highest BCUT2D eigenvalue weighted by Gasteiger charge is 2.32. The first-order valence-electron chi connectivity index (χ1n) is 17.7. The predicted molar refractivity (Wildman–Crippen MR) is 199 cm³/mol. The number of rotatable bonds is 26. The van der Waals surface area contributed by atoms with E-state index in [1.165, 1.54) is 25.3 Å². The number of hydrogen-bond acceptors (Lipinski definition) is 14. The molecule has 12 N–H and O–H groups in total. The minimum absolute atomic E-state index is 0.129. The van der Waals surface area contributed by atoms with Gasteiger partial charge in [0.05, 0.1) is 20.2 Å². The summed E-state index contributed by atoms with van der Waals surface area (Å²) in [6, 6.07) is -1.13. The van der Waals surface area contributed by atoms with E-state index in [4.69, 9.17) is 25.1 Å². The van der Waals surface area contributed by atoms with Gasteiger partial charge in [-0.2, -0.15) is 0 Å². The zero-order chi connectivity index (χ0) is 45.1. The maximum atomic E-state index is 13.4. The van der Waals surface area contributed by atoms with Crippen molar-refractivity contribution in [3.05, 3.63) is 40.2 Å². The number of nitrogens with one attached hydrogen (secondary N) is 6. The molecular formula is C35H43N7O18. The molecule has 1 heterocycles. The van der Waals surface area contributed by atoms with E-state index in [0.29, 0.717) is 11.1 Å². The Hall–Kier alpha value is -7.60. The van der Waals surface area contributed by atoms with Gasteiger partial charge in [-0.05, 0) is 43.9 Å². The number of amides is 7. The summed E-state index contributed by atoms with van der Waals surface area (Å²) in [4.78, 5) is 147. The van der Waals surface area contributed by atoms with Crippen LogP contribution in [0.5, 0.6) is 5.75 Å². The van der Waals surface area contributed by atoms with Crippen molar-refractivity contribution in [1.82, 2.24) is 31.9 Å². The van der Waals surface area contributed by atoms with Crippen molar-refractivity contribution in [3.8, 4) is 5.75 Å². The van der Waals surface area contributed by atoms with E-state index in [-0.39, 0.29) is 5.58 Å². The normalized spacial score (nSPS) is 12.6. The van der Waals surface area contributed by atoms with Crippen LogP contribution in [-0.4, -0.2) is 130 Å². The van der Waals surface area contributed by atoms with Crippen LogP contribution in [0.1, 0.15) is 61.7 Å². The molecule has 0 saturated carbocycles. The highest BCUT2D eigenvalue weighted by atomic mass is 16.5. The highest BCUT2D eigenvalue weighted by molar-refractivity contribution is 5.99. The second kappa shape index (κ2) is 23.6. The van der Waals surface area contributed by atoms with Crippen molar-refractivity contribution in [1.29, 1.82) is 0 Å². The number of hydrogen-bond donors (Lipinski definition) is 11. The lowest BCUT2D eigenvalue weighted by molar-refractivity contribution is -0.140. The summed E-state index contributed by atoms with van der Waals surface area (Å²) >= 11 is 0. The van der Waals surface area contributed by atoms with Gasteiger partial charge in [0.15, 0.2) is 0 Å². The summed E-state index contributed by atoms with van der Waals surface area (Å²) < 4.78 is 10.2. The second-order valence-corrected chi connectivity index (χ2v) is 12.7. The Bertz CT molecular complexity index is 2050. The Balaban J connectivity index is 2.14. The van der Waals surface area contributed by atoms with Gasteiger partial charge in [0, 0.05) is 37.1 Å². The van der Waals surface area contributed by atoms with E-state index in [2.05, 4.69) is 31.9 Å². The number of carboxylic acid groups (broad SMARTS) is 4. The Morgan fingerprint density at radius 1 is 0.617 bits per heavy atom. The second-order valence-electron chi connectivity index (χ2n) is 12.7. The Morgan fingerprint density at radius 2 is 1.05 bits per heavy atom. The van der Waals surface area contributed by atoms with Crippen LogP contribution in [0, 0.1) is 0 Å². The molecule has 1 aromatic heterocycles. The third kappa shape index (κ3) is 16.9. The van der Waals surface area contributed by atoms with Gasteiger partial charge in [0.25, 0.3) is 5.91 Å². The fourth-order valence-electron chi connectivity index (χ4n) is 5.10. The monoisotopic (exact) mass is 849 g/mol. The van der Waals surface area contributed by atoms with E-state index in [1.54, 1.807) is 6.07 Å². The summed E-state index contributed by atoms with van der Waals surface area (Å²) in [5, 5.41) is 49.8. The quantitative estimate of drug-likeness (QED) is 0.0410. The lowest BCUT2D eigenvalue weighted by atomic mass is 10.0. The van der Waals surface area contributed by atoms with Crippen LogP contribution < -0.4 is 48.0 Å². The van der Waals surface area contributed by atoms with Crippen LogP contribution >= 0.6 is 0 Å². The topological polar surface area (TPSA) is 406 Å². The Kier molecular flexibility index (Phi) is 19.1. The largest absolute Gasteiger partial charge is 0.497 e. The summed E-state index contributed by atoms with van der Waals surface area (Å²) in [5.74, 6) is -13.1. The standard InChI is InChI=1S/C35H43N7O18/c1-59-17-3-2-16-12-18(35(58)60-23(16)13-17)31(54)38-14-24(43)37-15-25(44)39-20(5-9-27(47)48)32(55)41-22(7-11-29(51)52)34(57)42-21(6-10-28(49)50)33(56)40-19(30(36)53)4-8-26(45)46/h2-3,12-13,19-22H,4-11,14-15H2,1H3,(H2,36,53)(H,37,43)(H,38,54)(H,39,44)(H,40,56)(H,41,55)(H,42,57)(H,45,46)(H,47,48)(H,49,50)(H,51,52)/t19-,20-,21-,22-/m0/s1. The first-order chi connectivity index (χ1) is 28.2. The van der Waals surface area contributed by atoms with E-state index in [9.17, 15) is 67.7 Å². The van der Waals surface area contributed by atoms with E-state index in [0.717, 1.165) is 0 Å². The van der Waals surface area contributed by atoms with Crippen molar-refractivity contribution < 1.29 is 82.3 Å². The number of ether oxygens (including phenoxy) is 1. The molecule has 0 aliphatic heterocycles. The molecule has 0 bridgehead atoms. The number of benzene rings is 1. The fraction of sp³-hybridized carbons (Fsp3) is 0.429. The molecule has 25 heteroatoms. The Labute approximate surface area is 337 Å². The summed E-state index contributed by atoms with van der Waals surface area (Å²) in [7, 11) is 1.40. The third-order valence-electron chi connectivity index (χ3n) is 8.21. The summed E-state index contributed by atoms with van der Waals surface area (Å²) in [6.45, 7) is -1.58. The molecule has 0 saturated heterocycles. The molecule has 25 nitrogen and oxygen atoms in total. The van der Waals surface area contributed by atoms with E-state index in [1.807, 2.05) is 0 Å². The molecule has 0 fully saturated rings. The first-order valence-corrected chi connectivity index (χ1v) is 17.7. The zero-order valence-corrected chi connectivity index (χ0v) is 31.8. The fourth-order valence-corrected chi connectivity index (χ4v) is 5.10. The molecule has 2 aromatic rings. The molecule has 4 atom stereocenters. The minimum Gasteiger partial charge on any atom is -0.497 e. The molecule has 0 aliphatic rings. The predicted octanol–water partition coefficient (Wildman–Crippen LogP) is -3.47. The molecule has 0 spiro atoms. The number of primary amides is 1. The van der Waals surface area contributed by atoms with Crippen LogP contribution in [0.4, 0.5) is 0 Å². The number of methoxy groups -OCH3 is 1. The average Bonchev–Trinajstić information content (AvgIpc) is 3.17. The van der Waals surface area contributed by atoms with E-state index >= 15 is 0 Å². The van der Waals surface area contributed by atoms with Crippen LogP contribution in [0.15, 0.2) is 33.5 Å². The smallest absolute Gasteiger partial charge is 0.349 e. The van der Waals surface area contributed by atoms with Crippen LogP contribution in [0.2, 0.25) is 0 Å². The van der Waals surface area contributed by atoms with E-state index < -0.39 is 165 Å². The van der Waals surface area contributed by atoms with Gasteiger partial charge in [-0.3, -0.25) is 52.7 Å². The molecule has 0 radical (unpaired) electrons. The summed E-state index contributed by atoms with van der Waals surface area (Å²) in [6.07, 6.45) is -5.17. The van der Waals surface area contributed by atoms with Crippen molar-refractivity contribution in [2.45, 2.75) is 75.5 Å². The number of aliphatic carboxylic acids is 4. The first kappa shape index (κ1) is 48.5. The number of fused-ring (bicyclic) bond motifs is 1. The Morgan fingerprint density at radius 3 is 1.50 bits per heavy atom. The lowest BCUT2D eigenvalue weighted by Gasteiger charge is -2.26. The SMILES string of the molecule is COc1ccc2cc(C(=O)NCC(=O)NCC(=O)N[C@@H](CCC(=O)O)C(=O)N[C@@H](CCC(=O)O)C(=O)N[C@@H](CCC(=O)O)C(=O)N[C@@H](CCC(=O)O)C(N)=O)c(=O)oc2c1. The minimum atomic E-state index is -1.81.